The van der Waals surface area contributed by atoms with Crippen LogP contribution in [-0.2, 0) is 11.3 Å². The fourth-order valence-corrected chi connectivity index (χ4v) is 2.45. The van der Waals surface area contributed by atoms with Crippen LogP contribution < -0.4 is 15.0 Å². The predicted molar refractivity (Wildman–Crippen MR) is 93.0 cm³/mol. The minimum absolute atomic E-state index is 0.0271. The van der Waals surface area contributed by atoms with Gasteiger partial charge in [-0.1, -0.05) is 6.07 Å². The van der Waals surface area contributed by atoms with Gasteiger partial charge in [-0.15, -0.1) is 0 Å². The Balaban J connectivity index is 1.87. The normalized spacial score (nSPS) is 11.8. The smallest absolute Gasteiger partial charge is 0.279 e. The average Bonchev–Trinajstić information content (AvgIpc) is 2.51. The lowest BCUT2D eigenvalue weighted by atomic mass is 10.1. The van der Waals surface area contributed by atoms with Crippen LogP contribution >= 0.6 is 0 Å². The number of aryl methyl sites for hydroxylation is 2. The van der Waals surface area contributed by atoms with Gasteiger partial charge in [-0.05, 0) is 61.4 Å². The Hall–Kier alpha value is -2.33. The third-order valence-electron chi connectivity index (χ3n) is 3.92. The summed E-state index contributed by atoms with van der Waals surface area (Å²) in [7, 11) is 3.67. The first-order valence-electron chi connectivity index (χ1n) is 7.79. The van der Waals surface area contributed by atoms with Crippen LogP contribution in [0.1, 0.15) is 16.7 Å². The molecule has 0 aliphatic rings. The molecule has 2 N–H and O–H groups in total. The van der Waals surface area contributed by atoms with E-state index in [-0.39, 0.29) is 5.91 Å². The van der Waals surface area contributed by atoms with Crippen LogP contribution in [0.25, 0.3) is 0 Å². The first-order valence-corrected chi connectivity index (χ1v) is 7.79. The van der Waals surface area contributed by atoms with Crippen LogP contribution in [0.3, 0.4) is 0 Å². The first-order chi connectivity index (χ1) is 11.0. The molecule has 2 aromatic rings. The molecule has 4 nitrogen and oxygen atoms in total. The lowest BCUT2D eigenvalue weighted by molar-refractivity contribution is -0.885. The Kier molecular flexibility index (Phi) is 5.77. The molecule has 0 saturated heterocycles. The molecule has 0 bridgehead atoms. The van der Waals surface area contributed by atoms with Crippen molar-refractivity contribution in [2.24, 2.45) is 0 Å². The molecule has 1 unspecified atom stereocenters. The Labute approximate surface area is 138 Å². The summed E-state index contributed by atoms with van der Waals surface area (Å²) in [4.78, 5) is 13.3. The van der Waals surface area contributed by atoms with E-state index in [0.717, 1.165) is 22.9 Å². The maximum atomic E-state index is 12.2. The van der Waals surface area contributed by atoms with Crippen molar-refractivity contribution in [1.82, 2.24) is 0 Å². The molecule has 2 rings (SSSR count). The second-order valence-electron chi connectivity index (χ2n) is 6.01. The number of likely N-dealkylation sites (N-methyl/N-ethyl adjacent to an activating group) is 1. The molecule has 4 heteroatoms. The maximum absolute atomic E-state index is 12.2. The molecule has 0 saturated carbocycles. The molecule has 0 radical (unpaired) electrons. The number of carbonyl (C=O) groups excluding carboxylic acids is 1. The number of hydrogen-bond acceptors (Lipinski definition) is 2. The largest absolute Gasteiger partial charge is 0.497 e. The molecule has 0 aliphatic heterocycles. The Morgan fingerprint density at radius 1 is 1.09 bits per heavy atom. The van der Waals surface area contributed by atoms with Gasteiger partial charge in [0, 0.05) is 11.3 Å². The first kappa shape index (κ1) is 17.0. The van der Waals surface area contributed by atoms with Crippen LogP contribution in [0.5, 0.6) is 5.75 Å². The van der Waals surface area contributed by atoms with Gasteiger partial charge in [0.05, 0.1) is 14.2 Å². The second kappa shape index (κ2) is 7.79. The monoisotopic (exact) mass is 313 g/mol. The van der Waals surface area contributed by atoms with Crippen LogP contribution in [0.4, 0.5) is 5.69 Å². The van der Waals surface area contributed by atoms with Crippen molar-refractivity contribution in [3.8, 4) is 5.75 Å². The third kappa shape index (κ3) is 5.11. The summed E-state index contributed by atoms with van der Waals surface area (Å²) >= 11 is 0. The Morgan fingerprint density at radius 2 is 1.78 bits per heavy atom. The van der Waals surface area contributed by atoms with Crippen molar-refractivity contribution in [3.05, 3.63) is 59.2 Å². The number of quaternary nitrogens is 1. The zero-order valence-electron chi connectivity index (χ0n) is 14.3. The van der Waals surface area contributed by atoms with E-state index >= 15 is 0 Å². The number of methoxy groups -OCH3 is 1. The molecule has 122 valence electrons. The van der Waals surface area contributed by atoms with E-state index in [4.69, 9.17) is 4.74 Å². The summed E-state index contributed by atoms with van der Waals surface area (Å²) in [5.41, 5.74) is 4.45. The van der Waals surface area contributed by atoms with Gasteiger partial charge in [0.1, 0.15) is 12.3 Å². The quantitative estimate of drug-likeness (QED) is 0.856. The highest BCUT2D eigenvalue weighted by molar-refractivity contribution is 5.91. The van der Waals surface area contributed by atoms with Gasteiger partial charge in [0.15, 0.2) is 6.54 Å². The molecule has 0 fully saturated rings. The maximum Gasteiger partial charge on any atom is 0.279 e. The molecular weight excluding hydrogens is 288 g/mol. The number of nitrogens with one attached hydrogen (secondary N) is 2. The molecule has 0 heterocycles. The third-order valence-corrected chi connectivity index (χ3v) is 3.92. The van der Waals surface area contributed by atoms with E-state index in [1.54, 1.807) is 7.11 Å². The van der Waals surface area contributed by atoms with Crippen LogP contribution in [0.2, 0.25) is 0 Å². The summed E-state index contributed by atoms with van der Waals surface area (Å²) in [5.74, 6) is 0.873. The minimum Gasteiger partial charge on any atom is -0.497 e. The van der Waals surface area contributed by atoms with Crippen molar-refractivity contribution in [3.63, 3.8) is 0 Å². The zero-order chi connectivity index (χ0) is 16.8. The molecule has 23 heavy (non-hydrogen) atoms. The van der Waals surface area contributed by atoms with Crippen molar-refractivity contribution in [1.29, 1.82) is 0 Å². The fraction of sp³-hybridized carbons (Fsp3) is 0.316. The van der Waals surface area contributed by atoms with Crippen LogP contribution in [-0.4, -0.2) is 26.6 Å². The van der Waals surface area contributed by atoms with E-state index < -0.39 is 0 Å². The van der Waals surface area contributed by atoms with E-state index in [2.05, 4.69) is 12.2 Å². The second-order valence-corrected chi connectivity index (χ2v) is 6.01. The standard InChI is InChI=1S/C19H24N2O2/c1-14-5-8-17(11-15(14)2)20-19(22)13-21(3)12-16-6-9-18(23-4)10-7-16/h5-11H,12-13H2,1-4H3,(H,20,22)/p+1. The van der Waals surface area contributed by atoms with Crippen molar-refractivity contribution in [2.45, 2.75) is 20.4 Å². The molecular formula is C19H25N2O2+. The van der Waals surface area contributed by atoms with Gasteiger partial charge in [-0.3, -0.25) is 4.79 Å². The van der Waals surface area contributed by atoms with Crippen molar-refractivity contribution in [2.75, 3.05) is 26.0 Å². The average molecular weight is 313 g/mol. The molecule has 2 aromatic carbocycles. The molecule has 0 aliphatic carbocycles. The van der Waals surface area contributed by atoms with Gasteiger partial charge in [0.2, 0.25) is 0 Å². The topological polar surface area (TPSA) is 42.8 Å². The number of hydrogen-bond donors (Lipinski definition) is 2. The zero-order valence-corrected chi connectivity index (χ0v) is 14.3. The number of rotatable bonds is 6. The summed E-state index contributed by atoms with van der Waals surface area (Å²) in [5, 5.41) is 2.97. The lowest BCUT2D eigenvalue weighted by Gasteiger charge is -2.14. The highest BCUT2D eigenvalue weighted by Crippen LogP contribution is 2.13. The van der Waals surface area contributed by atoms with Gasteiger partial charge in [0.25, 0.3) is 5.91 Å². The van der Waals surface area contributed by atoms with Gasteiger partial charge in [-0.25, -0.2) is 0 Å². The van der Waals surface area contributed by atoms with Gasteiger partial charge in [-0.2, -0.15) is 0 Å². The molecule has 0 spiro atoms. The number of carbonyl (C=O) groups is 1. The number of ether oxygens (including phenoxy) is 1. The molecule has 1 amide bonds. The lowest BCUT2D eigenvalue weighted by Crippen LogP contribution is -3.08. The summed E-state index contributed by atoms with van der Waals surface area (Å²) in [6.07, 6.45) is 0. The van der Waals surface area contributed by atoms with E-state index in [1.807, 2.05) is 56.4 Å². The van der Waals surface area contributed by atoms with E-state index in [1.165, 1.54) is 16.7 Å². The summed E-state index contributed by atoms with van der Waals surface area (Å²) in [6.45, 7) is 5.34. The summed E-state index contributed by atoms with van der Waals surface area (Å²) in [6, 6.07) is 13.9. The number of anilines is 1. The van der Waals surface area contributed by atoms with E-state index in [0.29, 0.717) is 6.54 Å². The van der Waals surface area contributed by atoms with E-state index in [9.17, 15) is 4.79 Å². The fourth-order valence-electron chi connectivity index (χ4n) is 2.45. The summed E-state index contributed by atoms with van der Waals surface area (Å²) < 4.78 is 5.15. The Bertz CT molecular complexity index is 666. The van der Waals surface area contributed by atoms with Gasteiger partial charge >= 0.3 is 0 Å². The van der Waals surface area contributed by atoms with Gasteiger partial charge < -0.3 is 15.0 Å². The highest BCUT2D eigenvalue weighted by Gasteiger charge is 2.11. The highest BCUT2D eigenvalue weighted by atomic mass is 16.5. The number of benzene rings is 2. The molecule has 0 aromatic heterocycles. The minimum atomic E-state index is 0.0271. The molecule has 1 atom stereocenters. The Morgan fingerprint density at radius 3 is 2.39 bits per heavy atom. The van der Waals surface area contributed by atoms with Crippen LogP contribution in [0, 0.1) is 13.8 Å². The predicted octanol–water partition coefficient (Wildman–Crippen LogP) is 1.97. The number of amides is 1. The van der Waals surface area contributed by atoms with Crippen LogP contribution in [0.15, 0.2) is 42.5 Å². The SMILES string of the molecule is COc1ccc(C[NH+](C)CC(=O)Nc2ccc(C)c(C)c2)cc1. The van der Waals surface area contributed by atoms with Crippen molar-refractivity contribution >= 4 is 11.6 Å². The van der Waals surface area contributed by atoms with Crippen molar-refractivity contribution < 1.29 is 14.4 Å².